The maximum Gasteiger partial charge on any atom is 0.251 e. The predicted molar refractivity (Wildman–Crippen MR) is 127 cm³/mol. The molecule has 4 rings (SSSR count). The molecule has 2 aromatic carbocycles. The highest BCUT2D eigenvalue weighted by molar-refractivity contribution is 7.88. The van der Waals surface area contributed by atoms with Crippen molar-refractivity contribution < 1.29 is 13.2 Å². The number of carbonyl (C=O) groups excluding carboxylic acids is 1. The standard InChI is InChI=1S/C24H29N5O3S/c1-33(31,32)29-12-10-27(11-13-29)17-22-6-3-7-23(15-22)24(30)26-16-20-4-2-5-21(14-20)18-28-9-8-25-19-28/h2-9,14-15,19H,10-13,16-18H2,1H3,(H,26,30). The summed E-state index contributed by atoms with van der Waals surface area (Å²) in [6, 6.07) is 15.8. The summed E-state index contributed by atoms with van der Waals surface area (Å²) in [7, 11) is -3.14. The van der Waals surface area contributed by atoms with Crippen LogP contribution in [0.25, 0.3) is 0 Å². The maximum absolute atomic E-state index is 12.7. The van der Waals surface area contributed by atoms with Crippen molar-refractivity contribution in [3.05, 3.63) is 89.5 Å². The van der Waals surface area contributed by atoms with Crippen LogP contribution in [0.15, 0.2) is 67.3 Å². The molecule has 0 saturated carbocycles. The fourth-order valence-electron chi connectivity index (χ4n) is 4.00. The van der Waals surface area contributed by atoms with Gasteiger partial charge in [0.2, 0.25) is 10.0 Å². The fraction of sp³-hybridized carbons (Fsp3) is 0.333. The second-order valence-electron chi connectivity index (χ2n) is 8.38. The topological polar surface area (TPSA) is 87.5 Å². The molecule has 174 valence electrons. The van der Waals surface area contributed by atoms with E-state index in [2.05, 4.69) is 27.3 Å². The molecular weight excluding hydrogens is 438 g/mol. The molecule has 0 unspecified atom stereocenters. The van der Waals surface area contributed by atoms with Crippen LogP contribution in [0.4, 0.5) is 0 Å². The third kappa shape index (κ3) is 6.50. The van der Waals surface area contributed by atoms with Crippen LogP contribution in [0.3, 0.4) is 0 Å². The summed E-state index contributed by atoms with van der Waals surface area (Å²) in [5.74, 6) is -0.112. The lowest BCUT2D eigenvalue weighted by Crippen LogP contribution is -2.47. The number of amides is 1. The number of piperazine rings is 1. The largest absolute Gasteiger partial charge is 0.348 e. The van der Waals surface area contributed by atoms with Gasteiger partial charge < -0.3 is 9.88 Å². The monoisotopic (exact) mass is 467 g/mol. The lowest BCUT2D eigenvalue weighted by molar-refractivity contribution is 0.0950. The Morgan fingerprint density at radius 2 is 1.67 bits per heavy atom. The van der Waals surface area contributed by atoms with Crippen LogP contribution in [0.2, 0.25) is 0 Å². The number of benzene rings is 2. The molecule has 9 heteroatoms. The van der Waals surface area contributed by atoms with Gasteiger partial charge in [0.15, 0.2) is 0 Å². The molecule has 1 aliphatic rings. The summed E-state index contributed by atoms with van der Waals surface area (Å²) in [6.07, 6.45) is 6.72. The number of hydrogen-bond acceptors (Lipinski definition) is 5. The molecule has 0 aliphatic carbocycles. The molecule has 0 bridgehead atoms. The third-order valence-electron chi connectivity index (χ3n) is 5.76. The summed E-state index contributed by atoms with van der Waals surface area (Å²) in [5, 5.41) is 3.01. The van der Waals surface area contributed by atoms with E-state index in [-0.39, 0.29) is 5.91 Å². The van der Waals surface area contributed by atoms with E-state index in [1.54, 1.807) is 12.5 Å². The number of imidazole rings is 1. The Morgan fingerprint density at radius 3 is 2.36 bits per heavy atom. The molecule has 1 aliphatic heterocycles. The zero-order chi connectivity index (χ0) is 23.3. The van der Waals surface area contributed by atoms with Crippen LogP contribution in [0.5, 0.6) is 0 Å². The molecule has 1 saturated heterocycles. The summed E-state index contributed by atoms with van der Waals surface area (Å²) >= 11 is 0. The van der Waals surface area contributed by atoms with Crippen molar-refractivity contribution >= 4 is 15.9 Å². The van der Waals surface area contributed by atoms with Crippen LogP contribution in [0.1, 0.15) is 27.0 Å². The maximum atomic E-state index is 12.7. The van der Waals surface area contributed by atoms with Gasteiger partial charge >= 0.3 is 0 Å². The number of carbonyl (C=O) groups is 1. The van der Waals surface area contributed by atoms with Crippen LogP contribution < -0.4 is 5.32 Å². The molecule has 1 aromatic heterocycles. The second kappa shape index (κ2) is 10.3. The van der Waals surface area contributed by atoms with Gasteiger partial charge in [-0.15, -0.1) is 0 Å². The highest BCUT2D eigenvalue weighted by Gasteiger charge is 2.23. The van der Waals surface area contributed by atoms with Crippen molar-refractivity contribution in [2.75, 3.05) is 32.4 Å². The molecule has 33 heavy (non-hydrogen) atoms. The van der Waals surface area contributed by atoms with E-state index in [4.69, 9.17) is 0 Å². The molecule has 8 nitrogen and oxygen atoms in total. The second-order valence-corrected chi connectivity index (χ2v) is 10.4. The summed E-state index contributed by atoms with van der Waals surface area (Å²) < 4.78 is 26.9. The van der Waals surface area contributed by atoms with Gasteiger partial charge in [0, 0.05) is 63.8 Å². The van der Waals surface area contributed by atoms with Gasteiger partial charge in [-0.3, -0.25) is 9.69 Å². The molecule has 3 aromatic rings. The van der Waals surface area contributed by atoms with Gasteiger partial charge in [-0.05, 0) is 28.8 Å². The number of rotatable bonds is 8. The summed E-state index contributed by atoms with van der Waals surface area (Å²) in [4.78, 5) is 19.0. The van der Waals surface area contributed by atoms with E-state index >= 15 is 0 Å². The van der Waals surface area contributed by atoms with Gasteiger partial charge in [-0.1, -0.05) is 36.4 Å². The first kappa shape index (κ1) is 23.2. The molecule has 1 amide bonds. The zero-order valence-electron chi connectivity index (χ0n) is 18.7. The van der Waals surface area contributed by atoms with Crippen molar-refractivity contribution in [1.29, 1.82) is 0 Å². The Balaban J connectivity index is 1.31. The molecule has 1 fully saturated rings. The summed E-state index contributed by atoms with van der Waals surface area (Å²) in [6.45, 7) is 4.24. The first-order valence-electron chi connectivity index (χ1n) is 10.9. The average molecular weight is 468 g/mol. The lowest BCUT2D eigenvalue weighted by Gasteiger charge is -2.33. The quantitative estimate of drug-likeness (QED) is 0.547. The van der Waals surface area contributed by atoms with Crippen molar-refractivity contribution in [2.45, 2.75) is 19.6 Å². The minimum Gasteiger partial charge on any atom is -0.348 e. The number of sulfonamides is 1. The Kier molecular flexibility index (Phi) is 7.22. The molecule has 0 radical (unpaired) electrons. The molecule has 0 spiro atoms. The third-order valence-corrected chi connectivity index (χ3v) is 7.07. The Morgan fingerprint density at radius 1 is 0.970 bits per heavy atom. The van der Waals surface area contributed by atoms with Crippen LogP contribution in [0, 0.1) is 0 Å². The van der Waals surface area contributed by atoms with Gasteiger partial charge in [0.05, 0.1) is 12.6 Å². The van der Waals surface area contributed by atoms with Gasteiger partial charge in [-0.2, -0.15) is 4.31 Å². The van der Waals surface area contributed by atoms with Crippen molar-refractivity contribution in [1.82, 2.24) is 24.1 Å². The van der Waals surface area contributed by atoms with Crippen LogP contribution >= 0.6 is 0 Å². The number of aromatic nitrogens is 2. The highest BCUT2D eigenvalue weighted by Crippen LogP contribution is 2.13. The highest BCUT2D eigenvalue weighted by atomic mass is 32.2. The normalized spacial score (nSPS) is 15.4. The smallest absolute Gasteiger partial charge is 0.251 e. The molecule has 1 N–H and O–H groups in total. The molecular formula is C24H29N5O3S. The van der Waals surface area contributed by atoms with Gasteiger partial charge in [0.25, 0.3) is 5.91 Å². The van der Waals surface area contributed by atoms with E-state index in [0.29, 0.717) is 44.8 Å². The van der Waals surface area contributed by atoms with Gasteiger partial charge in [-0.25, -0.2) is 13.4 Å². The van der Waals surface area contributed by atoms with E-state index in [0.717, 1.165) is 23.2 Å². The number of nitrogens with zero attached hydrogens (tertiary/aromatic N) is 4. The van der Waals surface area contributed by atoms with Crippen LogP contribution in [-0.4, -0.2) is 65.5 Å². The number of hydrogen-bond donors (Lipinski definition) is 1. The SMILES string of the molecule is CS(=O)(=O)N1CCN(Cc2cccc(C(=O)NCc3cccc(Cn4ccnc4)c3)c2)CC1. The Hall–Kier alpha value is -3.01. The summed E-state index contributed by atoms with van der Waals surface area (Å²) in [5.41, 5.74) is 3.85. The minimum absolute atomic E-state index is 0.112. The fourth-order valence-corrected chi connectivity index (χ4v) is 4.83. The first-order chi connectivity index (χ1) is 15.9. The van der Waals surface area contributed by atoms with E-state index < -0.39 is 10.0 Å². The van der Waals surface area contributed by atoms with Crippen molar-refractivity contribution in [2.24, 2.45) is 0 Å². The van der Waals surface area contributed by atoms with E-state index in [1.165, 1.54) is 10.6 Å². The van der Waals surface area contributed by atoms with Crippen molar-refractivity contribution in [3.63, 3.8) is 0 Å². The number of nitrogens with one attached hydrogen (secondary N) is 1. The molecule has 2 heterocycles. The van der Waals surface area contributed by atoms with E-state index in [1.807, 2.05) is 47.2 Å². The van der Waals surface area contributed by atoms with Gasteiger partial charge in [0.1, 0.15) is 0 Å². The Labute approximate surface area is 194 Å². The zero-order valence-corrected chi connectivity index (χ0v) is 19.5. The average Bonchev–Trinajstić information content (AvgIpc) is 3.31. The predicted octanol–water partition coefficient (Wildman–Crippen LogP) is 1.94. The molecule has 0 atom stereocenters. The Bertz CT molecular complexity index is 1190. The van der Waals surface area contributed by atoms with Crippen LogP contribution in [-0.2, 0) is 29.7 Å². The van der Waals surface area contributed by atoms with E-state index in [9.17, 15) is 13.2 Å². The minimum atomic E-state index is -3.14. The lowest BCUT2D eigenvalue weighted by atomic mass is 10.1. The van der Waals surface area contributed by atoms with Crippen molar-refractivity contribution in [3.8, 4) is 0 Å². The first-order valence-corrected chi connectivity index (χ1v) is 12.8.